The molecule has 0 fully saturated rings. The van der Waals surface area contributed by atoms with E-state index in [0.29, 0.717) is 58.9 Å². The molecule has 2 heterocycles. The van der Waals surface area contributed by atoms with Crippen molar-refractivity contribution in [3.63, 3.8) is 0 Å². The van der Waals surface area contributed by atoms with Gasteiger partial charge in [0, 0.05) is 35.3 Å². The van der Waals surface area contributed by atoms with E-state index in [4.69, 9.17) is 32.7 Å². The lowest BCUT2D eigenvalue weighted by Gasteiger charge is -2.30. The highest BCUT2D eigenvalue weighted by Gasteiger charge is 2.35. The summed E-state index contributed by atoms with van der Waals surface area (Å²) in [7, 11) is 0. The maximum atomic E-state index is 13.2. The van der Waals surface area contributed by atoms with E-state index in [9.17, 15) is 14.9 Å². The first-order valence-electron chi connectivity index (χ1n) is 10.9. The molecule has 2 aliphatic heterocycles. The Labute approximate surface area is 211 Å². The number of aryl methyl sites for hydroxylation is 1. The van der Waals surface area contributed by atoms with Crippen molar-refractivity contribution in [3.05, 3.63) is 102 Å². The highest BCUT2D eigenvalue weighted by atomic mass is 35.5. The summed E-state index contributed by atoms with van der Waals surface area (Å²) >= 11 is 12.3. The Morgan fingerprint density at radius 1 is 1.17 bits per heavy atom. The van der Waals surface area contributed by atoms with Gasteiger partial charge >= 0.3 is 0 Å². The standard InChI is InChI=1S/C26H20Cl2N2O5/c1-15-9-22-20(13-29(14-34-22)8-7-17-5-6-18(27)12-21(17)28)26-24(15)25(31)23(35-26)11-16-3-2-4-19(10-16)30(32)33/h2-6,9-12H,7-8,13-14H2,1H3/b23-11+. The van der Waals surface area contributed by atoms with E-state index in [2.05, 4.69) is 4.90 Å². The number of hydrogen-bond acceptors (Lipinski definition) is 6. The van der Waals surface area contributed by atoms with Crippen LogP contribution in [0.3, 0.4) is 0 Å². The molecule has 3 aromatic rings. The number of rotatable bonds is 5. The smallest absolute Gasteiger partial charge is 0.270 e. The molecule has 0 radical (unpaired) electrons. The largest absolute Gasteiger partial charge is 0.478 e. The predicted molar refractivity (Wildman–Crippen MR) is 133 cm³/mol. The summed E-state index contributed by atoms with van der Waals surface area (Å²) in [6, 6.07) is 13.4. The minimum Gasteiger partial charge on any atom is -0.478 e. The van der Waals surface area contributed by atoms with Crippen LogP contribution in [-0.4, -0.2) is 28.9 Å². The number of non-ortho nitro benzene ring substituents is 1. The molecule has 178 valence electrons. The number of fused-ring (bicyclic) bond motifs is 3. The van der Waals surface area contributed by atoms with Crippen LogP contribution in [0.15, 0.2) is 54.3 Å². The molecule has 0 amide bonds. The fourth-order valence-electron chi connectivity index (χ4n) is 4.30. The number of benzene rings is 3. The fourth-order valence-corrected chi connectivity index (χ4v) is 4.80. The average molecular weight is 511 g/mol. The first-order chi connectivity index (χ1) is 16.8. The zero-order valence-electron chi connectivity index (χ0n) is 18.7. The number of nitro groups is 1. The molecular weight excluding hydrogens is 491 g/mol. The number of hydrogen-bond donors (Lipinski definition) is 0. The van der Waals surface area contributed by atoms with E-state index in [1.165, 1.54) is 18.2 Å². The van der Waals surface area contributed by atoms with Crippen LogP contribution in [-0.2, 0) is 13.0 Å². The van der Waals surface area contributed by atoms with Gasteiger partial charge in [-0.3, -0.25) is 19.8 Å². The van der Waals surface area contributed by atoms with Crippen LogP contribution in [0.4, 0.5) is 5.69 Å². The molecule has 0 aromatic heterocycles. The number of allylic oxidation sites excluding steroid dienone is 1. The number of nitro benzene ring substituents is 1. The number of nitrogens with zero attached hydrogens (tertiary/aromatic N) is 2. The van der Waals surface area contributed by atoms with Crippen molar-refractivity contribution in [2.45, 2.75) is 19.9 Å². The summed E-state index contributed by atoms with van der Waals surface area (Å²) in [6.45, 7) is 3.48. The van der Waals surface area contributed by atoms with Gasteiger partial charge in [0.1, 0.15) is 18.2 Å². The van der Waals surface area contributed by atoms with E-state index in [1.807, 2.05) is 25.1 Å². The van der Waals surface area contributed by atoms with Gasteiger partial charge in [-0.2, -0.15) is 0 Å². The normalized spacial score (nSPS) is 16.0. The van der Waals surface area contributed by atoms with Crippen molar-refractivity contribution in [1.29, 1.82) is 0 Å². The Morgan fingerprint density at radius 2 is 2.00 bits per heavy atom. The van der Waals surface area contributed by atoms with Crippen molar-refractivity contribution >= 4 is 40.7 Å². The van der Waals surface area contributed by atoms with Crippen LogP contribution in [0.25, 0.3) is 6.08 Å². The van der Waals surface area contributed by atoms with Gasteiger partial charge in [0.25, 0.3) is 5.69 Å². The van der Waals surface area contributed by atoms with Crippen LogP contribution in [0, 0.1) is 17.0 Å². The van der Waals surface area contributed by atoms with Gasteiger partial charge in [-0.25, -0.2) is 0 Å². The maximum absolute atomic E-state index is 13.2. The Kier molecular flexibility index (Phi) is 6.23. The highest BCUT2D eigenvalue weighted by molar-refractivity contribution is 6.35. The Morgan fingerprint density at radius 3 is 2.77 bits per heavy atom. The number of ketones is 1. The lowest BCUT2D eigenvalue weighted by molar-refractivity contribution is -0.384. The molecule has 2 aliphatic rings. The molecule has 9 heteroatoms. The molecular formula is C26H20Cl2N2O5. The quantitative estimate of drug-likeness (QED) is 0.230. The second-order valence-electron chi connectivity index (χ2n) is 8.48. The molecule has 0 aliphatic carbocycles. The molecule has 0 atom stereocenters. The first-order valence-corrected chi connectivity index (χ1v) is 11.7. The molecule has 35 heavy (non-hydrogen) atoms. The number of Topliss-reactive ketones (excluding diaryl/α,β-unsaturated/α-hetero) is 1. The van der Waals surface area contributed by atoms with Gasteiger partial charge < -0.3 is 9.47 Å². The van der Waals surface area contributed by atoms with Crippen LogP contribution in [0.5, 0.6) is 11.5 Å². The molecule has 0 saturated heterocycles. The summed E-state index contributed by atoms with van der Waals surface area (Å²) in [5.74, 6) is 1.04. The van der Waals surface area contributed by atoms with Gasteiger partial charge in [-0.1, -0.05) is 41.4 Å². The highest BCUT2D eigenvalue weighted by Crippen LogP contribution is 2.44. The molecule has 3 aromatic carbocycles. The molecule has 0 bridgehead atoms. The Balaban J connectivity index is 1.40. The van der Waals surface area contributed by atoms with E-state index in [1.54, 1.807) is 18.2 Å². The molecule has 0 spiro atoms. The first kappa shape index (κ1) is 23.4. The van der Waals surface area contributed by atoms with Crippen molar-refractivity contribution in [2.75, 3.05) is 13.3 Å². The summed E-state index contributed by atoms with van der Waals surface area (Å²) in [5.41, 5.74) is 3.50. The van der Waals surface area contributed by atoms with Crippen molar-refractivity contribution in [3.8, 4) is 11.5 Å². The van der Waals surface area contributed by atoms with Gasteiger partial charge in [-0.05, 0) is 54.3 Å². The lowest BCUT2D eigenvalue weighted by atomic mass is 9.98. The minimum atomic E-state index is -0.474. The van der Waals surface area contributed by atoms with Gasteiger partial charge in [0.05, 0.1) is 16.1 Å². The Hall–Kier alpha value is -3.39. The van der Waals surface area contributed by atoms with Crippen molar-refractivity contribution in [1.82, 2.24) is 4.90 Å². The molecule has 0 N–H and O–H groups in total. The van der Waals surface area contributed by atoms with Gasteiger partial charge in [0.15, 0.2) is 5.76 Å². The Bertz CT molecular complexity index is 1400. The number of ether oxygens (including phenoxy) is 2. The number of carbonyl (C=O) groups is 1. The summed E-state index contributed by atoms with van der Waals surface area (Å²) < 4.78 is 12.0. The van der Waals surface area contributed by atoms with Crippen molar-refractivity contribution < 1.29 is 19.2 Å². The SMILES string of the molecule is Cc1cc2c(c3c1C(=O)/C(=C\c1cccc([N+](=O)[O-])c1)O3)CN(CCc1ccc(Cl)cc1Cl)CO2. The van der Waals surface area contributed by atoms with E-state index < -0.39 is 4.92 Å². The average Bonchev–Trinajstić information content (AvgIpc) is 3.15. The fraction of sp³-hybridized carbons (Fsp3) is 0.192. The van der Waals surface area contributed by atoms with E-state index in [0.717, 1.165) is 16.7 Å². The third-order valence-corrected chi connectivity index (χ3v) is 6.67. The summed E-state index contributed by atoms with van der Waals surface area (Å²) in [6.07, 6.45) is 2.24. The minimum absolute atomic E-state index is 0.0549. The van der Waals surface area contributed by atoms with E-state index >= 15 is 0 Å². The second-order valence-corrected chi connectivity index (χ2v) is 9.32. The topological polar surface area (TPSA) is 81.9 Å². The van der Waals surface area contributed by atoms with Crippen molar-refractivity contribution in [2.24, 2.45) is 0 Å². The lowest BCUT2D eigenvalue weighted by Crippen LogP contribution is -2.34. The second kappa shape index (κ2) is 9.34. The monoisotopic (exact) mass is 510 g/mol. The van der Waals surface area contributed by atoms with Crippen LogP contribution in [0.1, 0.15) is 32.6 Å². The van der Waals surface area contributed by atoms with E-state index in [-0.39, 0.29) is 17.2 Å². The van der Waals surface area contributed by atoms with Crippen LogP contribution >= 0.6 is 23.2 Å². The van der Waals surface area contributed by atoms with Gasteiger partial charge in [-0.15, -0.1) is 0 Å². The maximum Gasteiger partial charge on any atom is 0.270 e. The van der Waals surface area contributed by atoms with Gasteiger partial charge in [0.2, 0.25) is 5.78 Å². The predicted octanol–water partition coefficient (Wildman–Crippen LogP) is 6.22. The number of carbonyl (C=O) groups excluding carboxylic acids is 1. The third-order valence-electron chi connectivity index (χ3n) is 6.08. The summed E-state index contributed by atoms with van der Waals surface area (Å²) in [4.78, 5) is 25.9. The zero-order chi connectivity index (χ0) is 24.7. The third kappa shape index (κ3) is 4.62. The molecule has 5 rings (SSSR count). The summed E-state index contributed by atoms with van der Waals surface area (Å²) in [5, 5.41) is 12.3. The van der Waals surface area contributed by atoms with Crippen LogP contribution in [0.2, 0.25) is 10.0 Å². The molecule has 7 nitrogen and oxygen atoms in total. The number of halogens is 2. The van der Waals surface area contributed by atoms with Crippen LogP contribution < -0.4 is 9.47 Å². The molecule has 0 saturated carbocycles. The zero-order valence-corrected chi connectivity index (χ0v) is 20.2. The molecule has 0 unspecified atom stereocenters.